The first-order valence-corrected chi connectivity index (χ1v) is 3.34. The molecule has 0 saturated carbocycles. The zero-order valence-electron chi connectivity index (χ0n) is 6.74. The number of diazo groups is 1. The first-order chi connectivity index (χ1) is 6.33. The Balaban J connectivity index is 0.000000292. The molecule has 0 aliphatic carbocycles. The van der Waals surface area contributed by atoms with E-state index >= 15 is 0 Å². The molecule has 3 nitrogen and oxygen atoms in total. The highest BCUT2D eigenvalue weighted by molar-refractivity contribution is 6.50. The molecule has 76 valence electrons. The van der Waals surface area contributed by atoms with Crippen molar-refractivity contribution in [2.45, 2.75) is 0 Å². The lowest BCUT2D eigenvalue weighted by Crippen LogP contribution is -2.02. The second-order valence-electron chi connectivity index (χ2n) is 2.11. The van der Waals surface area contributed by atoms with Gasteiger partial charge in [-0.2, -0.15) is 0 Å². The second kappa shape index (κ2) is 5.06. The normalized spacial score (nSPS) is 9.64. The van der Waals surface area contributed by atoms with E-state index in [2.05, 4.69) is 4.98 Å². The Morgan fingerprint density at radius 1 is 1.07 bits per heavy atom. The highest BCUT2D eigenvalue weighted by Crippen LogP contribution is 2.15. The fourth-order valence-electron chi connectivity index (χ4n) is 0.519. The van der Waals surface area contributed by atoms with Gasteiger partial charge in [0, 0.05) is 12.1 Å². The lowest BCUT2D eigenvalue weighted by molar-refractivity contribution is 0.368. The van der Waals surface area contributed by atoms with Gasteiger partial charge in [0.2, 0.25) is 5.39 Å². The minimum Gasteiger partial charge on any atom is -0.508 e. The molecule has 0 unspecified atom stereocenters. The summed E-state index contributed by atoms with van der Waals surface area (Å²) in [6.07, 6.45) is 0. The summed E-state index contributed by atoms with van der Waals surface area (Å²) in [5.41, 5.74) is 0.438. The molecule has 0 spiro atoms. The van der Waals surface area contributed by atoms with Crippen molar-refractivity contribution >= 4 is 12.9 Å². The number of hydrogen-bond acceptors (Lipinski definition) is 2. The van der Waals surface area contributed by atoms with Crippen molar-refractivity contribution in [1.29, 1.82) is 5.39 Å². The Morgan fingerprint density at radius 3 is 1.71 bits per heavy atom. The summed E-state index contributed by atoms with van der Waals surface area (Å²) in [7, 11) is -6.00. The largest absolute Gasteiger partial charge is 0.673 e. The van der Waals surface area contributed by atoms with Crippen LogP contribution in [0, 0.1) is 5.39 Å². The number of benzene rings is 1. The van der Waals surface area contributed by atoms with Gasteiger partial charge in [-0.1, -0.05) is 0 Å². The molecule has 0 heterocycles. The molecular weight excluding hydrogens is 203 g/mol. The van der Waals surface area contributed by atoms with Gasteiger partial charge in [0.05, 0.1) is 0 Å². The van der Waals surface area contributed by atoms with Crippen LogP contribution in [0.2, 0.25) is 0 Å². The smallest absolute Gasteiger partial charge is 0.508 e. The first kappa shape index (κ1) is 12.2. The van der Waals surface area contributed by atoms with E-state index in [1.807, 2.05) is 0 Å². The van der Waals surface area contributed by atoms with E-state index in [0.29, 0.717) is 5.69 Å². The van der Waals surface area contributed by atoms with Crippen LogP contribution >= 0.6 is 0 Å². The van der Waals surface area contributed by atoms with Crippen molar-refractivity contribution in [3.8, 4) is 5.75 Å². The van der Waals surface area contributed by atoms with Gasteiger partial charge in [-0.3, -0.25) is 0 Å². The molecule has 14 heavy (non-hydrogen) atoms. The van der Waals surface area contributed by atoms with Gasteiger partial charge in [-0.15, -0.1) is 0 Å². The van der Waals surface area contributed by atoms with Crippen LogP contribution in [0.4, 0.5) is 23.0 Å². The second-order valence-corrected chi connectivity index (χ2v) is 2.11. The van der Waals surface area contributed by atoms with Gasteiger partial charge in [-0.25, -0.2) is 0 Å². The molecule has 1 N–H and O–H groups in total. The third-order valence-electron chi connectivity index (χ3n) is 0.965. The van der Waals surface area contributed by atoms with E-state index in [-0.39, 0.29) is 5.75 Å². The third kappa shape index (κ3) is 8.32. The van der Waals surface area contributed by atoms with Crippen molar-refractivity contribution < 1.29 is 22.4 Å². The average molecular weight is 208 g/mol. The van der Waals surface area contributed by atoms with E-state index in [0.717, 1.165) is 0 Å². The molecule has 8 heteroatoms. The van der Waals surface area contributed by atoms with Gasteiger partial charge < -0.3 is 22.4 Å². The van der Waals surface area contributed by atoms with Crippen molar-refractivity contribution in [3.05, 3.63) is 29.2 Å². The van der Waals surface area contributed by atoms with Crippen LogP contribution in [0.5, 0.6) is 5.75 Å². The highest BCUT2D eigenvalue weighted by Gasteiger charge is 2.20. The lowest BCUT2D eigenvalue weighted by atomic mass is 10.3. The van der Waals surface area contributed by atoms with Gasteiger partial charge in [0.15, 0.2) is 4.98 Å². The Morgan fingerprint density at radius 2 is 1.43 bits per heavy atom. The number of rotatable bonds is 0. The van der Waals surface area contributed by atoms with E-state index in [9.17, 15) is 17.3 Å². The summed E-state index contributed by atoms with van der Waals surface area (Å²) in [5.74, 6) is 0.169. The molecule has 0 aromatic heterocycles. The Bertz CT molecular complexity index is 312. The number of nitrogens with zero attached hydrogens (tertiary/aromatic N) is 2. The molecule has 0 atom stereocenters. The summed E-state index contributed by atoms with van der Waals surface area (Å²) < 4.78 is 39.0. The lowest BCUT2D eigenvalue weighted by Gasteiger charge is -1.94. The first-order valence-electron chi connectivity index (χ1n) is 3.34. The van der Waals surface area contributed by atoms with Gasteiger partial charge in [0.1, 0.15) is 5.75 Å². The summed E-state index contributed by atoms with van der Waals surface area (Å²) >= 11 is 0. The molecule has 0 saturated heterocycles. The molecule has 1 aromatic rings. The molecule has 0 aliphatic rings. The fourth-order valence-corrected chi connectivity index (χ4v) is 0.519. The molecule has 0 amide bonds. The van der Waals surface area contributed by atoms with Gasteiger partial charge >= 0.3 is 12.9 Å². The zero-order chi connectivity index (χ0) is 11.2. The number of phenols is 1. The summed E-state index contributed by atoms with van der Waals surface area (Å²) in [6.45, 7) is 0. The van der Waals surface area contributed by atoms with Crippen molar-refractivity contribution in [2.24, 2.45) is 0 Å². The van der Waals surface area contributed by atoms with Crippen LogP contribution < -0.4 is 0 Å². The van der Waals surface area contributed by atoms with Crippen LogP contribution in [-0.2, 0) is 0 Å². The molecule has 1 rings (SSSR count). The van der Waals surface area contributed by atoms with Crippen molar-refractivity contribution in [1.82, 2.24) is 0 Å². The number of halogens is 4. The molecule has 0 aliphatic heterocycles. The predicted octanol–water partition coefficient (Wildman–Crippen LogP) is 3.18. The monoisotopic (exact) mass is 208 g/mol. The predicted molar refractivity (Wildman–Crippen MR) is 43.0 cm³/mol. The summed E-state index contributed by atoms with van der Waals surface area (Å²) in [4.78, 5) is 2.90. The number of phenolic OH excluding ortho intramolecular Hbond substituents is 1. The van der Waals surface area contributed by atoms with E-state index in [4.69, 9.17) is 10.5 Å². The third-order valence-corrected chi connectivity index (χ3v) is 0.965. The highest BCUT2D eigenvalue weighted by atomic mass is 19.5. The molecule has 0 bridgehead atoms. The van der Waals surface area contributed by atoms with E-state index in [1.54, 1.807) is 0 Å². The minimum absolute atomic E-state index is 0.169. The molecule has 0 radical (unpaired) electrons. The van der Waals surface area contributed by atoms with E-state index in [1.165, 1.54) is 24.3 Å². The maximum atomic E-state index is 9.75. The molecule has 0 fully saturated rings. The SMILES string of the molecule is F[B-](F)(F)F.N#[N+]c1ccc(O)cc1. The zero-order valence-corrected chi connectivity index (χ0v) is 6.74. The average Bonchev–Trinajstić information content (AvgIpc) is 2.03. The quantitative estimate of drug-likeness (QED) is 0.404. The Kier molecular flexibility index (Phi) is 4.42. The Hall–Kier alpha value is -1.78. The van der Waals surface area contributed by atoms with Crippen molar-refractivity contribution in [2.75, 3.05) is 0 Å². The standard InChI is InChI=1S/C6H4N2O.BF4/c7-8-5-1-3-6(9)4-2-5;2-1(3,4)5/h1-4H;/q;-1/p+1. The maximum absolute atomic E-state index is 9.75. The van der Waals surface area contributed by atoms with Crippen LogP contribution in [0.25, 0.3) is 4.98 Å². The van der Waals surface area contributed by atoms with Gasteiger partial charge in [0.25, 0.3) is 0 Å². The van der Waals surface area contributed by atoms with Gasteiger partial charge in [-0.05, 0) is 12.1 Å². The minimum atomic E-state index is -6.00. The van der Waals surface area contributed by atoms with Crippen molar-refractivity contribution in [3.63, 3.8) is 0 Å². The maximum Gasteiger partial charge on any atom is 0.673 e. The number of aromatic hydroxyl groups is 1. The topological polar surface area (TPSA) is 48.4 Å². The van der Waals surface area contributed by atoms with Crippen LogP contribution in [0.1, 0.15) is 0 Å². The molecular formula is C6H5BF4N2O. The van der Waals surface area contributed by atoms with Crippen LogP contribution in [0.3, 0.4) is 0 Å². The van der Waals surface area contributed by atoms with Crippen LogP contribution in [-0.4, -0.2) is 12.4 Å². The van der Waals surface area contributed by atoms with Crippen LogP contribution in [0.15, 0.2) is 24.3 Å². The molecule has 1 aromatic carbocycles. The summed E-state index contributed by atoms with van der Waals surface area (Å²) in [6, 6.07) is 5.93. The summed E-state index contributed by atoms with van der Waals surface area (Å²) in [5, 5.41) is 16.9. The fraction of sp³-hybridized carbons (Fsp3) is 0. The van der Waals surface area contributed by atoms with E-state index < -0.39 is 7.25 Å². The Labute approximate surface area is 76.7 Å². The number of hydrogen-bond donors (Lipinski definition) is 1.